The van der Waals surface area contributed by atoms with Crippen molar-refractivity contribution < 1.29 is 4.57 Å². The van der Waals surface area contributed by atoms with Crippen molar-refractivity contribution >= 4 is 0 Å². The summed E-state index contributed by atoms with van der Waals surface area (Å²) in [6.07, 6.45) is 7.17. The van der Waals surface area contributed by atoms with Gasteiger partial charge in [-0.25, -0.2) is 4.57 Å². The standard InChI is InChI=1S/C24H28N/c1-20-16-18-25(21(2)19-20)17-8-4-5-9-22-12-14-24(15-13-22)23-10-6-3-7-11-23/h3,6-7,10-16,18-19H,4-5,8-9,17H2,1-2H3/q+1. The van der Waals surface area contributed by atoms with Gasteiger partial charge in [0.2, 0.25) is 0 Å². The van der Waals surface area contributed by atoms with E-state index in [1.165, 1.54) is 53.6 Å². The highest BCUT2D eigenvalue weighted by molar-refractivity contribution is 5.63. The first-order valence-electron chi connectivity index (χ1n) is 9.33. The molecule has 0 unspecified atom stereocenters. The van der Waals surface area contributed by atoms with Gasteiger partial charge in [0.1, 0.15) is 6.54 Å². The van der Waals surface area contributed by atoms with E-state index in [1.807, 2.05) is 0 Å². The molecule has 2 aromatic carbocycles. The summed E-state index contributed by atoms with van der Waals surface area (Å²) in [6.45, 7) is 5.47. The van der Waals surface area contributed by atoms with Crippen LogP contribution in [0, 0.1) is 13.8 Å². The quantitative estimate of drug-likeness (QED) is 0.388. The predicted octanol–water partition coefficient (Wildman–Crippen LogP) is 5.67. The number of benzene rings is 2. The molecule has 1 heteroatoms. The van der Waals surface area contributed by atoms with Crippen LogP contribution in [0.5, 0.6) is 0 Å². The van der Waals surface area contributed by atoms with Crippen molar-refractivity contribution in [1.29, 1.82) is 0 Å². The largest absolute Gasteiger partial charge is 0.203 e. The first-order valence-corrected chi connectivity index (χ1v) is 9.33. The van der Waals surface area contributed by atoms with Gasteiger partial charge in [0.25, 0.3) is 0 Å². The SMILES string of the molecule is Cc1cc[n+](CCCCCc2ccc(-c3ccccc3)cc2)c(C)c1. The number of rotatable bonds is 7. The van der Waals surface area contributed by atoms with E-state index in [1.54, 1.807) is 0 Å². The summed E-state index contributed by atoms with van der Waals surface area (Å²) < 4.78 is 2.36. The Kier molecular flexibility index (Phi) is 6.00. The fraction of sp³-hybridized carbons (Fsp3) is 0.292. The van der Waals surface area contributed by atoms with E-state index in [0.29, 0.717) is 0 Å². The van der Waals surface area contributed by atoms with Gasteiger partial charge in [0, 0.05) is 25.5 Å². The third kappa shape index (κ3) is 5.03. The number of aryl methyl sites for hydroxylation is 4. The summed E-state index contributed by atoms with van der Waals surface area (Å²) in [5.41, 5.74) is 6.73. The van der Waals surface area contributed by atoms with Crippen LogP contribution in [0.4, 0.5) is 0 Å². The van der Waals surface area contributed by atoms with Crippen molar-refractivity contribution in [3.63, 3.8) is 0 Å². The minimum atomic E-state index is 1.12. The normalized spacial score (nSPS) is 10.8. The van der Waals surface area contributed by atoms with E-state index in [4.69, 9.17) is 0 Å². The Bertz CT molecular complexity index is 788. The number of aromatic nitrogens is 1. The van der Waals surface area contributed by atoms with Gasteiger partial charge in [-0.2, -0.15) is 0 Å². The number of nitrogens with zero attached hydrogens (tertiary/aromatic N) is 1. The molecule has 1 aromatic heterocycles. The van der Waals surface area contributed by atoms with Crippen LogP contribution < -0.4 is 4.57 Å². The van der Waals surface area contributed by atoms with Crippen molar-refractivity contribution in [3.05, 3.63) is 89.7 Å². The van der Waals surface area contributed by atoms with Gasteiger partial charge in [-0.15, -0.1) is 0 Å². The van der Waals surface area contributed by atoms with Gasteiger partial charge in [0.05, 0.1) is 0 Å². The van der Waals surface area contributed by atoms with Crippen molar-refractivity contribution in [2.75, 3.05) is 0 Å². The zero-order valence-electron chi connectivity index (χ0n) is 15.4. The molecule has 0 N–H and O–H groups in total. The van der Waals surface area contributed by atoms with E-state index in [0.717, 1.165) is 6.54 Å². The van der Waals surface area contributed by atoms with Gasteiger partial charge in [-0.3, -0.25) is 0 Å². The highest BCUT2D eigenvalue weighted by Crippen LogP contribution is 2.20. The number of pyridine rings is 1. The van der Waals surface area contributed by atoms with Gasteiger partial charge < -0.3 is 0 Å². The summed E-state index contributed by atoms with van der Waals surface area (Å²) in [5, 5.41) is 0. The molecule has 3 rings (SSSR count). The van der Waals surface area contributed by atoms with Gasteiger partial charge in [-0.1, -0.05) is 54.6 Å². The number of unbranched alkanes of at least 4 members (excludes halogenated alkanes) is 2. The average molecular weight is 330 g/mol. The van der Waals surface area contributed by atoms with Crippen LogP contribution in [-0.4, -0.2) is 0 Å². The molecule has 0 spiro atoms. The van der Waals surface area contributed by atoms with Crippen LogP contribution in [0.1, 0.15) is 36.1 Å². The Labute approximate surface area is 152 Å². The summed E-state index contributed by atoms with van der Waals surface area (Å²) in [4.78, 5) is 0. The molecule has 0 radical (unpaired) electrons. The molecule has 3 aromatic rings. The molecule has 0 aliphatic carbocycles. The molecule has 0 bridgehead atoms. The summed E-state index contributed by atoms with van der Waals surface area (Å²) >= 11 is 0. The summed E-state index contributed by atoms with van der Waals surface area (Å²) in [6, 6.07) is 24.1. The smallest absolute Gasteiger partial charge is 0.178 e. The zero-order valence-corrected chi connectivity index (χ0v) is 15.4. The predicted molar refractivity (Wildman–Crippen MR) is 106 cm³/mol. The molecule has 0 atom stereocenters. The van der Waals surface area contributed by atoms with Crippen molar-refractivity contribution in [3.8, 4) is 11.1 Å². The van der Waals surface area contributed by atoms with Gasteiger partial charge in [0.15, 0.2) is 11.9 Å². The number of hydrogen-bond donors (Lipinski definition) is 0. The van der Waals surface area contributed by atoms with Crippen molar-refractivity contribution in [1.82, 2.24) is 0 Å². The zero-order chi connectivity index (χ0) is 17.5. The Morgan fingerprint density at radius 3 is 2.16 bits per heavy atom. The van der Waals surface area contributed by atoms with E-state index >= 15 is 0 Å². The molecule has 128 valence electrons. The fourth-order valence-corrected chi connectivity index (χ4v) is 3.32. The molecular weight excluding hydrogens is 302 g/mol. The Balaban J connectivity index is 1.43. The maximum absolute atomic E-state index is 2.36. The van der Waals surface area contributed by atoms with Crippen LogP contribution in [0.15, 0.2) is 72.9 Å². The molecule has 0 aliphatic rings. The van der Waals surface area contributed by atoms with Crippen LogP contribution in [0.3, 0.4) is 0 Å². The van der Waals surface area contributed by atoms with Crippen molar-refractivity contribution in [2.24, 2.45) is 0 Å². The summed E-state index contributed by atoms with van der Waals surface area (Å²) in [7, 11) is 0. The third-order valence-electron chi connectivity index (χ3n) is 4.83. The Morgan fingerprint density at radius 2 is 1.44 bits per heavy atom. The second kappa shape index (κ2) is 8.62. The lowest BCUT2D eigenvalue weighted by molar-refractivity contribution is -0.703. The highest BCUT2D eigenvalue weighted by Gasteiger charge is 2.05. The van der Waals surface area contributed by atoms with Gasteiger partial charge in [-0.05, 0) is 48.4 Å². The molecule has 0 saturated heterocycles. The maximum atomic E-state index is 2.36. The lowest BCUT2D eigenvalue weighted by atomic mass is 10.0. The molecule has 0 aliphatic heterocycles. The molecular formula is C24H28N+. The average Bonchev–Trinajstić information content (AvgIpc) is 2.64. The van der Waals surface area contributed by atoms with Gasteiger partial charge >= 0.3 is 0 Å². The third-order valence-corrected chi connectivity index (χ3v) is 4.83. The highest BCUT2D eigenvalue weighted by atomic mass is 14.9. The number of hydrogen-bond acceptors (Lipinski definition) is 0. The maximum Gasteiger partial charge on any atom is 0.178 e. The topological polar surface area (TPSA) is 3.88 Å². The molecule has 0 saturated carbocycles. The first kappa shape index (κ1) is 17.4. The van der Waals surface area contributed by atoms with Crippen LogP contribution in [0.25, 0.3) is 11.1 Å². The van der Waals surface area contributed by atoms with Crippen molar-refractivity contribution in [2.45, 2.75) is 46.1 Å². The Hall–Kier alpha value is -2.41. The molecule has 0 fully saturated rings. The second-order valence-electron chi connectivity index (χ2n) is 6.91. The van der Waals surface area contributed by atoms with Crippen LogP contribution in [0.2, 0.25) is 0 Å². The lowest BCUT2D eigenvalue weighted by Gasteiger charge is -2.05. The second-order valence-corrected chi connectivity index (χ2v) is 6.91. The van der Waals surface area contributed by atoms with Crippen LogP contribution in [-0.2, 0) is 13.0 Å². The minimum absolute atomic E-state index is 1.12. The fourth-order valence-electron chi connectivity index (χ4n) is 3.32. The van der Waals surface area contributed by atoms with E-state index in [2.05, 4.69) is 91.3 Å². The Morgan fingerprint density at radius 1 is 0.720 bits per heavy atom. The lowest BCUT2D eigenvalue weighted by Crippen LogP contribution is -2.36. The van der Waals surface area contributed by atoms with E-state index < -0.39 is 0 Å². The monoisotopic (exact) mass is 330 g/mol. The van der Waals surface area contributed by atoms with Crippen LogP contribution >= 0.6 is 0 Å². The molecule has 0 amide bonds. The van der Waals surface area contributed by atoms with E-state index in [9.17, 15) is 0 Å². The minimum Gasteiger partial charge on any atom is -0.203 e. The molecule has 1 heterocycles. The molecule has 25 heavy (non-hydrogen) atoms. The van der Waals surface area contributed by atoms with E-state index in [-0.39, 0.29) is 0 Å². The molecule has 1 nitrogen and oxygen atoms in total. The summed E-state index contributed by atoms with van der Waals surface area (Å²) in [5.74, 6) is 0. The first-order chi connectivity index (χ1) is 12.2.